The minimum Gasteiger partial charge on any atom is -0.487 e. The number of aromatic nitrogens is 2. The van der Waals surface area contributed by atoms with E-state index in [9.17, 15) is 0 Å². The zero-order valence-electron chi connectivity index (χ0n) is 11.8. The molecule has 2 heterocycles. The van der Waals surface area contributed by atoms with E-state index in [0.717, 1.165) is 28.3 Å². The van der Waals surface area contributed by atoms with Crippen molar-refractivity contribution in [1.82, 2.24) is 9.38 Å². The first-order valence-electron chi connectivity index (χ1n) is 6.80. The molecule has 0 amide bonds. The molecule has 0 N–H and O–H groups in total. The summed E-state index contributed by atoms with van der Waals surface area (Å²) >= 11 is 0. The van der Waals surface area contributed by atoms with Gasteiger partial charge in [0.1, 0.15) is 23.7 Å². The van der Waals surface area contributed by atoms with E-state index in [4.69, 9.17) is 10.00 Å². The molecule has 0 radical (unpaired) electrons. The minimum atomic E-state index is 0.289. The van der Waals surface area contributed by atoms with Gasteiger partial charge in [0.15, 0.2) is 0 Å². The molecule has 0 aliphatic carbocycles. The Balaban J connectivity index is 1.94. The largest absolute Gasteiger partial charge is 0.487 e. The first-order chi connectivity index (χ1) is 10.3. The summed E-state index contributed by atoms with van der Waals surface area (Å²) in [5.41, 5.74) is 2.93. The van der Waals surface area contributed by atoms with Crippen LogP contribution in [0.3, 0.4) is 0 Å². The van der Waals surface area contributed by atoms with Gasteiger partial charge in [-0.1, -0.05) is 30.3 Å². The zero-order chi connectivity index (χ0) is 14.7. The highest BCUT2D eigenvalue weighted by atomic mass is 16.5. The summed E-state index contributed by atoms with van der Waals surface area (Å²) in [5, 5.41) is 8.88. The third-order valence-corrected chi connectivity index (χ3v) is 3.35. The molecule has 0 unspecified atom stereocenters. The summed E-state index contributed by atoms with van der Waals surface area (Å²) in [6.07, 6.45) is 2.20. The van der Waals surface area contributed by atoms with Crippen molar-refractivity contribution in [2.45, 2.75) is 20.0 Å². The molecule has 3 aromatic rings. The lowest BCUT2D eigenvalue weighted by atomic mass is 10.2. The van der Waals surface area contributed by atoms with Crippen LogP contribution >= 0.6 is 0 Å². The van der Waals surface area contributed by atoms with Gasteiger partial charge in [0, 0.05) is 6.20 Å². The van der Waals surface area contributed by atoms with Crippen molar-refractivity contribution in [1.29, 1.82) is 5.26 Å². The van der Waals surface area contributed by atoms with Gasteiger partial charge in [-0.15, -0.1) is 0 Å². The maximum Gasteiger partial charge on any atom is 0.145 e. The number of aryl methyl sites for hydroxylation is 1. The number of rotatable bonds is 4. The Bertz CT molecular complexity index is 800. The van der Waals surface area contributed by atoms with Gasteiger partial charge in [-0.3, -0.25) is 4.40 Å². The fourth-order valence-corrected chi connectivity index (χ4v) is 2.40. The van der Waals surface area contributed by atoms with Crippen LogP contribution in [0.5, 0.6) is 5.75 Å². The Labute approximate surface area is 123 Å². The molecule has 0 aliphatic rings. The van der Waals surface area contributed by atoms with E-state index in [1.165, 1.54) is 0 Å². The van der Waals surface area contributed by atoms with Crippen LogP contribution in [-0.4, -0.2) is 9.38 Å². The van der Waals surface area contributed by atoms with Gasteiger partial charge < -0.3 is 4.74 Å². The molecule has 21 heavy (non-hydrogen) atoms. The van der Waals surface area contributed by atoms with Crippen LogP contribution in [0, 0.1) is 18.3 Å². The number of hydrogen-bond donors (Lipinski definition) is 0. The highest BCUT2D eigenvalue weighted by Gasteiger charge is 2.12. The van der Waals surface area contributed by atoms with E-state index in [1.807, 2.05) is 60.0 Å². The highest BCUT2D eigenvalue weighted by molar-refractivity contribution is 5.64. The van der Waals surface area contributed by atoms with E-state index in [0.29, 0.717) is 6.61 Å². The van der Waals surface area contributed by atoms with Crippen molar-refractivity contribution in [3.05, 3.63) is 65.7 Å². The van der Waals surface area contributed by atoms with Gasteiger partial charge in [0.25, 0.3) is 0 Å². The Morgan fingerprint density at radius 1 is 1.19 bits per heavy atom. The lowest BCUT2D eigenvalue weighted by Gasteiger charge is -2.09. The van der Waals surface area contributed by atoms with Crippen LogP contribution in [0.1, 0.15) is 17.1 Å². The van der Waals surface area contributed by atoms with Crippen molar-refractivity contribution in [2.75, 3.05) is 0 Å². The fourth-order valence-electron chi connectivity index (χ4n) is 2.40. The molecule has 3 rings (SSSR count). The summed E-state index contributed by atoms with van der Waals surface area (Å²) in [6.45, 7) is 2.45. The summed E-state index contributed by atoms with van der Waals surface area (Å²) in [7, 11) is 0. The third-order valence-electron chi connectivity index (χ3n) is 3.35. The Kier molecular flexibility index (Phi) is 3.57. The van der Waals surface area contributed by atoms with Crippen LogP contribution in [-0.2, 0) is 13.0 Å². The Hall–Kier alpha value is -2.80. The number of fused-ring (bicyclic) bond motifs is 1. The predicted molar refractivity (Wildman–Crippen MR) is 80.0 cm³/mol. The maximum atomic E-state index is 8.88. The topological polar surface area (TPSA) is 50.3 Å². The van der Waals surface area contributed by atoms with Crippen LogP contribution in [0.15, 0.2) is 48.7 Å². The number of hydrogen-bond acceptors (Lipinski definition) is 3. The van der Waals surface area contributed by atoms with Gasteiger partial charge in [-0.25, -0.2) is 4.98 Å². The molecule has 0 saturated carbocycles. The highest BCUT2D eigenvalue weighted by Crippen LogP contribution is 2.25. The number of nitrogens with zero attached hydrogens (tertiary/aromatic N) is 3. The van der Waals surface area contributed by atoms with Crippen molar-refractivity contribution < 1.29 is 4.74 Å². The molecular formula is C17H15N3O. The molecule has 0 spiro atoms. The van der Waals surface area contributed by atoms with Crippen LogP contribution < -0.4 is 4.74 Å². The van der Waals surface area contributed by atoms with Gasteiger partial charge in [-0.2, -0.15) is 5.26 Å². The molecule has 4 heteroatoms. The number of imidazole rings is 1. The van der Waals surface area contributed by atoms with Gasteiger partial charge in [0.05, 0.1) is 18.2 Å². The molecule has 0 atom stereocenters. The summed E-state index contributed by atoms with van der Waals surface area (Å²) in [5.74, 6) is 1.53. The monoisotopic (exact) mass is 277 g/mol. The van der Waals surface area contributed by atoms with Gasteiger partial charge in [-0.05, 0) is 24.6 Å². The molecule has 0 fully saturated rings. The van der Waals surface area contributed by atoms with Crippen LogP contribution in [0.2, 0.25) is 0 Å². The average molecular weight is 277 g/mol. The van der Waals surface area contributed by atoms with E-state index < -0.39 is 0 Å². The maximum absolute atomic E-state index is 8.88. The molecule has 1 aromatic carbocycles. The second-order valence-corrected chi connectivity index (χ2v) is 4.81. The average Bonchev–Trinajstić information content (AvgIpc) is 2.84. The SMILES string of the molecule is Cc1nc(CC#N)n2cccc(OCc3ccccc3)c12. The van der Waals surface area contributed by atoms with Crippen LogP contribution in [0.4, 0.5) is 0 Å². The molecule has 2 aromatic heterocycles. The third kappa shape index (κ3) is 2.59. The first-order valence-corrected chi connectivity index (χ1v) is 6.80. The summed E-state index contributed by atoms with van der Waals surface area (Å²) in [6, 6.07) is 16.0. The van der Waals surface area contributed by atoms with Gasteiger partial charge in [0.2, 0.25) is 0 Å². The van der Waals surface area contributed by atoms with E-state index in [1.54, 1.807) is 0 Å². The van der Waals surface area contributed by atoms with Gasteiger partial charge >= 0.3 is 0 Å². The normalized spacial score (nSPS) is 10.5. The number of ether oxygens (including phenoxy) is 1. The molecule has 104 valence electrons. The molecule has 0 saturated heterocycles. The van der Waals surface area contributed by atoms with Crippen molar-refractivity contribution in [2.24, 2.45) is 0 Å². The zero-order valence-corrected chi connectivity index (χ0v) is 11.8. The molecule has 0 aliphatic heterocycles. The standard InChI is InChI=1S/C17H15N3O/c1-13-17-15(21-12-14-6-3-2-4-7-14)8-5-11-20(17)16(19-13)9-10-18/h2-8,11H,9,12H2,1H3. The first kappa shape index (κ1) is 13.2. The summed E-state index contributed by atoms with van der Waals surface area (Å²) in [4.78, 5) is 4.46. The molecule has 4 nitrogen and oxygen atoms in total. The second-order valence-electron chi connectivity index (χ2n) is 4.81. The smallest absolute Gasteiger partial charge is 0.145 e. The molecule has 0 bridgehead atoms. The van der Waals surface area contributed by atoms with Crippen LogP contribution in [0.25, 0.3) is 5.52 Å². The van der Waals surface area contributed by atoms with Crippen molar-refractivity contribution >= 4 is 5.52 Å². The predicted octanol–water partition coefficient (Wildman–Crippen LogP) is 3.29. The quantitative estimate of drug-likeness (QED) is 0.735. The second kappa shape index (κ2) is 5.68. The Morgan fingerprint density at radius 3 is 2.76 bits per heavy atom. The van der Waals surface area contributed by atoms with E-state index in [2.05, 4.69) is 11.1 Å². The lowest BCUT2D eigenvalue weighted by Crippen LogP contribution is -1.98. The number of nitriles is 1. The van der Waals surface area contributed by atoms with E-state index >= 15 is 0 Å². The minimum absolute atomic E-state index is 0.289. The van der Waals surface area contributed by atoms with Crippen molar-refractivity contribution in [3.63, 3.8) is 0 Å². The molecular weight excluding hydrogens is 262 g/mol. The lowest BCUT2D eigenvalue weighted by molar-refractivity contribution is 0.308. The van der Waals surface area contributed by atoms with Crippen molar-refractivity contribution in [3.8, 4) is 11.8 Å². The summed E-state index contributed by atoms with van der Waals surface area (Å²) < 4.78 is 7.86. The number of pyridine rings is 1. The Morgan fingerprint density at radius 2 is 2.00 bits per heavy atom. The number of benzene rings is 1. The van der Waals surface area contributed by atoms with E-state index in [-0.39, 0.29) is 6.42 Å². The fraction of sp³-hybridized carbons (Fsp3) is 0.176.